The monoisotopic (exact) mass is 284 g/mol. The molecule has 2 rings (SSSR count). The number of methoxy groups -OCH3 is 2. The molecule has 0 bridgehead atoms. The summed E-state index contributed by atoms with van der Waals surface area (Å²) in [6, 6.07) is 1.92. The molecule has 0 amide bonds. The lowest BCUT2D eigenvalue weighted by atomic mass is 9.96. The Morgan fingerprint density at radius 2 is 1.95 bits per heavy atom. The van der Waals surface area contributed by atoms with Gasteiger partial charge in [-0.05, 0) is 30.4 Å². The Hall–Kier alpha value is -0.930. The van der Waals surface area contributed by atoms with Gasteiger partial charge in [0.25, 0.3) is 0 Å². The van der Waals surface area contributed by atoms with Crippen molar-refractivity contribution < 1.29 is 14.6 Å². The highest BCUT2D eigenvalue weighted by Gasteiger charge is 2.42. The molecule has 0 aliphatic heterocycles. The second-order valence-electron chi connectivity index (χ2n) is 5.55. The van der Waals surface area contributed by atoms with E-state index in [0.29, 0.717) is 28.9 Å². The highest BCUT2D eigenvalue weighted by atomic mass is 35.5. The van der Waals surface area contributed by atoms with Crippen molar-refractivity contribution in [3.63, 3.8) is 0 Å². The third-order valence-corrected chi connectivity index (χ3v) is 4.13. The smallest absolute Gasteiger partial charge is 0.165 e. The Balaban J connectivity index is 2.55. The molecule has 106 valence electrons. The van der Waals surface area contributed by atoms with Gasteiger partial charge in [-0.3, -0.25) is 0 Å². The maximum Gasteiger partial charge on any atom is 0.165 e. The van der Waals surface area contributed by atoms with Crippen LogP contribution in [-0.4, -0.2) is 24.9 Å². The Bertz CT molecular complexity index is 479. The number of ether oxygens (including phenoxy) is 2. The molecule has 0 atom stereocenters. The van der Waals surface area contributed by atoms with E-state index in [0.717, 1.165) is 24.0 Å². The zero-order chi connectivity index (χ0) is 14.2. The van der Waals surface area contributed by atoms with Crippen molar-refractivity contribution in [2.45, 2.75) is 44.6 Å². The van der Waals surface area contributed by atoms with Crippen molar-refractivity contribution in [2.75, 3.05) is 14.2 Å². The van der Waals surface area contributed by atoms with Crippen LogP contribution in [0.15, 0.2) is 6.07 Å². The minimum atomic E-state index is -0.614. The average Bonchev–Trinajstić information content (AvgIpc) is 3.09. The van der Waals surface area contributed by atoms with Gasteiger partial charge in [0.1, 0.15) is 0 Å². The summed E-state index contributed by atoms with van der Waals surface area (Å²) in [6.45, 7) is 4.17. The highest BCUT2D eigenvalue weighted by molar-refractivity contribution is 6.32. The average molecular weight is 285 g/mol. The summed E-state index contributed by atoms with van der Waals surface area (Å²) >= 11 is 6.50. The minimum absolute atomic E-state index is 0.292. The standard InChI is InChI=1S/C15H21ClO3/c1-9(2)10-7-12(18-3)14(19-4)11(13(10)16)8-15(17)5-6-15/h7,9,17H,5-6,8H2,1-4H3. The van der Waals surface area contributed by atoms with Gasteiger partial charge in [0, 0.05) is 12.0 Å². The molecule has 1 aromatic rings. The van der Waals surface area contributed by atoms with Crippen molar-refractivity contribution in [1.82, 2.24) is 0 Å². The van der Waals surface area contributed by atoms with Crippen LogP contribution in [0.3, 0.4) is 0 Å². The van der Waals surface area contributed by atoms with Crippen LogP contribution in [-0.2, 0) is 6.42 Å². The van der Waals surface area contributed by atoms with Crippen LogP contribution >= 0.6 is 11.6 Å². The zero-order valence-electron chi connectivity index (χ0n) is 11.9. The first-order valence-electron chi connectivity index (χ1n) is 6.57. The van der Waals surface area contributed by atoms with Crippen LogP contribution in [0.2, 0.25) is 5.02 Å². The molecule has 1 aliphatic carbocycles. The molecule has 0 aromatic heterocycles. The van der Waals surface area contributed by atoms with Crippen molar-refractivity contribution in [1.29, 1.82) is 0 Å². The summed E-state index contributed by atoms with van der Waals surface area (Å²) in [5.74, 6) is 1.60. The summed E-state index contributed by atoms with van der Waals surface area (Å²) < 4.78 is 10.8. The summed E-state index contributed by atoms with van der Waals surface area (Å²) in [7, 11) is 3.22. The van der Waals surface area contributed by atoms with Gasteiger partial charge in [-0.1, -0.05) is 25.4 Å². The lowest BCUT2D eigenvalue weighted by Crippen LogP contribution is -2.13. The van der Waals surface area contributed by atoms with Gasteiger partial charge in [0.15, 0.2) is 11.5 Å². The largest absolute Gasteiger partial charge is 0.493 e. The number of rotatable bonds is 5. The second kappa shape index (κ2) is 5.22. The molecule has 0 saturated heterocycles. The van der Waals surface area contributed by atoms with Crippen LogP contribution in [0.25, 0.3) is 0 Å². The quantitative estimate of drug-likeness (QED) is 0.899. The first kappa shape index (κ1) is 14.5. The fourth-order valence-electron chi connectivity index (χ4n) is 2.30. The first-order chi connectivity index (χ1) is 8.91. The molecule has 0 spiro atoms. The number of benzene rings is 1. The molecular formula is C15H21ClO3. The van der Waals surface area contributed by atoms with Gasteiger partial charge < -0.3 is 14.6 Å². The van der Waals surface area contributed by atoms with Crippen LogP contribution in [0.5, 0.6) is 11.5 Å². The molecule has 19 heavy (non-hydrogen) atoms. The molecule has 3 nitrogen and oxygen atoms in total. The summed E-state index contributed by atoms with van der Waals surface area (Å²) in [5.41, 5.74) is 1.27. The van der Waals surface area contributed by atoms with Crippen molar-refractivity contribution >= 4 is 11.6 Å². The molecule has 0 unspecified atom stereocenters. The van der Waals surface area contributed by atoms with Crippen molar-refractivity contribution in [3.8, 4) is 11.5 Å². The number of halogens is 1. The van der Waals surface area contributed by atoms with E-state index in [4.69, 9.17) is 21.1 Å². The Kier molecular flexibility index (Phi) is 3.98. The molecular weight excluding hydrogens is 264 g/mol. The Labute approximate surface area is 119 Å². The molecule has 0 radical (unpaired) electrons. The molecule has 4 heteroatoms. The highest BCUT2D eigenvalue weighted by Crippen LogP contribution is 2.47. The Morgan fingerprint density at radius 1 is 1.32 bits per heavy atom. The topological polar surface area (TPSA) is 38.7 Å². The fourth-order valence-corrected chi connectivity index (χ4v) is 2.72. The first-order valence-corrected chi connectivity index (χ1v) is 6.95. The summed E-state index contributed by atoms with van der Waals surface area (Å²) in [5, 5.41) is 10.9. The molecule has 1 fully saturated rings. The van der Waals surface area contributed by atoms with Crippen molar-refractivity contribution in [2.24, 2.45) is 0 Å². The van der Waals surface area contributed by atoms with Gasteiger partial charge in [-0.15, -0.1) is 0 Å². The normalized spacial score (nSPS) is 16.6. The zero-order valence-corrected chi connectivity index (χ0v) is 12.7. The van der Waals surface area contributed by atoms with Gasteiger partial charge in [0.05, 0.1) is 24.8 Å². The number of hydrogen-bond acceptors (Lipinski definition) is 3. The van der Waals surface area contributed by atoms with Gasteiger partial charge in [0.2, 0.25) is 0 Å². The Morgan fingerprint density at radius 3 is 2.37 bits per heavy atom. The van der Waals surface area contributed by atoms with Crippen LogP contribution in [0, 0.1) is 0 Å². The van der Waals surface area contributed by atoms with Crippen LogP contribution < -0.4 is 9.47 Å². The minimum Gasteiger partial charge on any atom is -0.493 e. The summed E-state index contributed by atoms with van der Waals surface area (Å²) in [4.78, 5) is 0. The van der Waals surface area contributed by atoms with E-state index in [1.807, 2.05) is 6.07 Å². The van der Waals surface area contributed by atoms with Gasteiger partial charge in [-0.25, -0.2) is 0 Å². The van der Waals surface area contributed by atoms with Gasteiger partial charge >= 0.3 is 0 Å². The van der Waals surface area contributed by atoms with Crippen molar-refractivity contribution in [3.05, 3.63) is 22.2 Å². The second-order valence-corrected chi connectivity index (χ2v) is 5.93. The van der Waals surface area contributed by atoms with Gasteiger partial charge in [-0.2, -0.15) is 0 Å². The molecule has 1 aromatic carbocycles. The fraction of sp³-hybridized carbons (Fsp3) is 0.600. The van der Waals surface area contributed by atoms with E-state index in [2.05, 4.69) is 13.8 Å². The third-order valence-electron chi connectivity index (χ3n) is 3.68. The van der Waals surface area contributed by atoms with Crippen LogP contribution in [0.4, 0.5) is 0 Å². The lowest BCUT2D eigenvalue weighted by molar-refractivity contribution is 0.149. The SMILES string of the molecule is COc1cc(C(C)C)c(Cl)c(CC2(O)CC2)c1OC. The van der Waals surface area contributed by atoms with E-state index >= 15 is 0 Å². The van der Waals surface area contributed by atoms with E-state index in [1.54, 1.807) is 14.2 Å². The van der Waals surface area contributed by atoms with E-state index in [1.165, 1.54) is 0 Å². The summed E-state index contributed by atoms with van der Waals surface area (Å²) in [6.07, 6.45) is 2.16. The molecule has 1 saturated carbocycles. The maximum atomic E-state index is 10.2. The predicted molar refractivity (Wildman–Crippen MR) is 76.5 cm³/mol. The lowest BCUT2D eigenvalue weighted by Gasteiger charge is -2.20. The maximum absolute atomic E-state index is 10.2. The molecule has 1 aliphatic rings. The number of aliphatic hydroxyl groups is 1. The van der Waals surface area contributed by atoms with E-state index < -0.39 is 5.60 Å². The molecule has 0 heterocycles. The number of hydrogen-bond donors (Lipinski definition) is 1. The third kappa shape index (κ3) is 2.82. The molecule has 1 N–H and O–H groups in total. The van der Waals surface area contributed by atoms with E-state index in [-0.39, 0.29) is 0 Å². The van der Waals surface area contributed by atoms with E-state index in [9.17, 15) is 5.11 Å². The predicted octanol–water partition coefficient (Wildman–Crippen LogP) is 3.55. The van der Waals surface area contributed by atoms with Crippen LogP contribution in [0.1, 0.15) is 43.7 Å².